The van der Waals surface area contributed by atoms with Crippen LogP contribution in [0.4, 0.5) is 0 Å². The van der Waals surface area contributed by atoms with Gasteiger partial charge in [0.25, 0.3) is 5.91 Å². The fourth-order valence-corrected chi connectivity index (χ4v) is 5.25. The Morgan fingerprint density at radius 3 is 2.85 bits per heavy atom. The van der Waals surface area contributed by atoms with Crippen molar-refractivity contribution in [1.82, 2.24) is 20.9 Å². The van der Waals surface area contributed by atoms with Crippen LogP contribution in [0.1, 0.15) is 47.7 Å². The number of imide groups is 1. The van der Waals surface area contributed by atoms with Crippen molar-refractivity contribution in [1.29, 1.82) is 0 Å². The van der Waals surface area contributed by atoms with Crippen molar-refractivity contribution in [2.45, 2.75) is 57.4 Å². The lowest BCUT2D eigenvalue weighted by Crippen LogP contribution is -2.57. The Hall–Kier alpha value is -2.25. The maximum absolute atomic E-state index is 13.1. The molecule has 1 unspecified atom stereocenters. The largest absolute Gasteiger partial charge is 0.322 e. The molecule has 7 nitrogen and oxygen atoms in total. The first-order chi connectivity index (χ1) is 13.0. The third-order valence-corrected chi connectivity index (χ3v) is 6.76. The highest BCUT2D eigenvalue weighted by atomic mass is 16.2. The van der Waals surface area contributed by atoms with Crippen LogP contribution in [0, 0.1) is 5.41 Å². The Bertz CT molecular complexity index is 850. The van der Waals surface area contributed by atoms with E-state index in [2.05, 4.69) is 22.9 Å². The molecule has 3 N–H and O–H groups in total. The van der Waals surface area contributed by atoms with E-state index in [0.29, 0.717) is 37.0 Å². The molecule has 4 heterocycles. The number of fused-ring (bicyclic) bond motifs is 2. The smallest absolute Gasteiger partial charge is 0.255 e. The van der Waals surface area contributed by atoms with Gasteiger partial charge in [0, 0.05) is 43.7 Å². The average molecular weight is 368 g/mol. The highest BCUT2D eigenvalue weighted by Crippen LogP contribution is 2.46. The van der Waals surface area contributed by atoms with Gasteiger partial charge >= 0.3 is 0 Å². The van der Waals surface area contributed by atoms with Gasteiger partial charge in [-0.15, -0.1) is 0 Å². The molecule has 0 aromatic heterocycles. The third kappa shape index (κ3) is 2.52. The molecule has 5 aliphatic rings. The Labute approximate surface area is 157 Å². The fraction of sp³-hybridized carbons (Fsp3) is 0.550. The SMILES string of the molecule is C[C@@]12CN[C@@H](C1)[C@@H]2NCc1cccc2c1C(=O)N(C1CCC(=O)NC1=O)C2. The van der Waals surface area contributed by atoms with Crippen LogP contribution in [0.5, 0.6) is 0 Å². The fourth-order valence-electron chi connectivity index (χ4n) is 5.25. The van der Waals surface area contributed by atoms with Crippen LogP contribution in [0.25, 0.3) is 0 Å². The standard InChI is InChI=1S/C20H24N4O3/c1-20-7-13(22-10-20)17(20)21-8-11-3-2-4-12-9-24(19(27)16(11)12)14-5-6-15(25)23-18(14)26/h2-4,13-14,17,21-22H,5-10H2,1H3,(H,23,25,26)/t13-,14?,17-,20-/m0/s1. The molecule has 7 heteroatoms. The van der Waals surface area contributed by atoms with Crippen LogP contribution in [0.2, 0.25) is 0 Å². The van der Waals surface area contributed by atoms with E-state index in [4.69, 9.17) is 0 Å². The number of nitrogens with zero attached hydrogens (tertiary/aromatic N) is 1. The second-order valence-corrected chi connectivity index (χ2v) is 8.56. The van der Waals surface area contributed by atoms with Crippen LogP contribution < -0.4 is 16.0 Å². The van der Waals surface area contributed by atoms with Gasteiger partial charge < -0.3 is 15.5 Å². The van der Waals surface area contributed by atoms with E-state index in [1.807, 2.05) is 18.2 Å². The molecule has 4 aliphatic heterocycles. The number of nitrogens with one attached hydrogen (secondary N) is 3. The number of carbonyl (C=O) groups excluding carboxylic acids is 3. The van der Waals surface area contributed by atoms with Crippen molar-refractivity contribution in [3.63, 3.8) is 0 Å². The normalized spacial score (nSPS) is 34.5. The van der Waals surface area contributed by atoms with E-state index in [9.17, 15) is 14.4 Å². The van der Waals surface area contributed by atoms with Gasteiger partial charge in [-0.1, -0.05) is 25.1 Å². The molecule has 2 bridgehead atoms. The lowest BCUT2D eigenvalue weighted by Gasteiger charge is -2.44. The predicted molar refractivity (Wildman–Crippen MR) is 97.6 cm³/mol. The van der Waals surface area contributed by atoms with E-state index in [0.717, 1.165) is 23.2 Å². The van der Waals surface area contributed by atoms with Crippen molar-refractivity contribution in [3.8, 4) is 0 Å². The highest BCUT2D eigenvalue weighted by Gasteiger charge is 2.55. The number of hydrogen-bond acceptors (Lipinski definition) is 5. The molecule has 3 saturated heterocycles. The summed E-state index contributed by atoms with van der Waals surface area (Å²) in [4.78, 5) is 38.3. The van der Waals surface area contributed by atoms with Crippen LogP contribution in [0.15, 0.2) is 18.2 Å². The number of piperidine rings is 1. The van der Waals surface area contributed by atoms with Crippen molar-refractivity contribution >= 4 is 17.7 Å². The average Bonchev–Trinajstić information content (AvgIpc) is 3.27. The molecule has 1 aromatic rings. The first-order valence-corrected chi connectivity index (χ1v) is 9.68. The second kappa shape index (κ2) is 5.87. The minimum atomic E-state index is -0.561. The second-order valence-electron chi connectivity index (χ2n) is 8.56. The molecular formula is C20H24N4O3. The molecule has 0 radical (unpaired) electrons. The van der Waals surface area contributed by atoms with Gasteiger partial charge in [0.1, 0.15) is 6.04 Å². The minimum Gasteiger partial charge on any atom is -0.322 e. The highest BCUT2D eigenvalue weighted by molar-refractivity contribution is 6.05. The molecule has 3 amide bonds. The van der Waals surface area contributed by atoms with Crippen LogP contribution in [0.3, 0.4) is 0 Å². The van der Waals surface area contributed by atoms with E-state index in [-0.39, 0.29) is 24.1 Å². The zero-order valence-electron chi connectivity index (χ0n) is 15.4. The molecule has 27 heavy (non-hydrogen) atoms. The van der Waals surface area contributed by atoms with E-state index < -0.39 is 6.04 Å². The van der Waals surface area contributed by atoms with Gasteiger partial charge in [-0.25, -0.2) is 0 Å². The maximum Gasteiger partial charge on any atom is 0.255 e. The van der Waals surface area contributed by atoms with Gasteiger partial charge in [0.05, 0.1) is 0 Å². The topological polar surface area (TPSA) is 90.5 Å². The number of hydrogen-bond donors (Lipinski definition) is 3. The Morgan fingerprint density at radius 1 is 1.30 bits per heavy atom. The zero-order valence-corrected chi connectivity index (χ0v) is 15.4. The summed E-state index contributed by atoms with van der Waals surface area (Å²) >= 11 is 0. The monoisotopic (exact) mass is 368 g/mol. The number of carbonyl (C=O) groups is 3. The van der Waals surface area contributed by atoms with Crippen molar-refractivity contribution in [2.24, 2.45) is 5.41 Å². The maximum atomic E-state index is 13.1. The lowest BCUT2D eigenvalue weighted by molar-refractivity contribution is -0.136. The Balaban J connectivity index is 1.34. The summed E-state index contributed by atoms with van der Waals surface area (Å²) in [5.74, 6) is -0.725. The summed E-state index contributed by atoms with van der Waals surface area (Å²) in [5.41, 5.74) is 2.98. The molecule has 0 spiro atoms. The van der Waals surface area contributed by atoms with Gasteiger partial charge in [-0.3, -0.25) is 19.7 Å². The van der Waals surface area contributed by atoms with Gasteiger partial charge in [0.15, 0.2) is 0 Å². The number of amides is 3. The van der Waals surface area contributed by atoms with Crippen LogP contribution in [-0.4, -0.2) is 47.3 Å². The van der Waals surface area contributed by atoms with Crippen LogP contribution >= 0.6 is 0 Å². The molecule has 1 saturated carbocycles. The van der Waals surface area contributed by atoms with Crippen molar-refractivity contribution in [3.05, 3.63) is 34.9 Å². The quantitative estimate of drug-likeness (QED) is 0.665. The summed E-state index contributed by atoms with van der Waals surface area (Å²) in [6.07, 6.45) is 1.88. The molecule has 4 atom stereocenters. The molecular weight excluding hydrogens is 344 g/mol. The summed E-state index contributed by atoms with van der Waals surface area (Å²) in [5, 5.41) is 9.52. The van der Waals surface area contributed by atoms with Gasteiger partial charge in [-0.2, -0.15) is 0 Å². The first-order valence-electron chi connectivity index (χ1n) is 9.68. The van der Waals surface area contributed by atoms with E-state index in [1.54, 1.807) is 4.90 Å². The number of benzene rings is 1. The predicted octanol–water partition coefficient (Wildman–Crippen LogP) is 0.288. The molecule has 1 aliphatic carbocycles. The summed E-state index contributed by atoms with van der Waals surface area (Å²) in [7, 11) is 0. The molecule has 6 rings (SSSR count). The summed E-state index contributed by atoms with van der Waals surface area (Å²) < 4.78 is 0. The summed E-state index contributed by atoms with van der Waals surface area (Å²) in [6.45, 7) is 4.42. The van der Waals surface area contributed by atoms with Gasteiger partial charge in [0.2, 0.25) is 11.8 Å². The van der Waals surface area contributed by atoms with E-state index in [1.165, 1.54) is 6.42 Å². The first kappa shape index (κ1) is 16.9. The Kier molecular flexibility index (Phi) is 3.67. The lowest BCUT2D eigenvalue weighted by atomic mass is 9.67. The molecule has 142 valence electrons. The van der Waals surface area contributed by atoms with E-state index >= 15 is 0 Å². The molecule has 1 aromatic carbocycles. The minimum absolute atomic E-state index is 0.0992. The Morgan fingerprint density at radius 2 is 2.15 bits per heavy atom. The third-order valence-electron chi connectivity index (χ3n) is 6.76. The number of rotatable bonds is 4. The van der Waals surface area contributed by atoms with Crippen LogP contribution in [-0.2, 0) is 22.7 Å². The molecule has 4 fully saturated rings. The summed E-state index contributed by atoms with van der Waals surface area (Å²) in [6, 6.07) is 6.34. The van der Waals surface area contributed by atoms with Crippen molar-refractivity contribution in [2.75, 3.05) is 6.54 Å². The van der Waals surface area contributed by atoms with Gasteiger partial charge in [-0.05, 0) is 29.4 Å². The van der Waals surface area contributed by atoms with Crippen molar-refractivity contribution < 1.29 is 14.4 Å². The zero-order chi connectivity index (χ0) is 18.8.